The van der Waals surface area contributed by atoms with Crippen molar-refractivity contribution in [3.63, 3.8) is 0 Å². The number of ether oxygens (including phenoxy) is 1. The molecule has 0 aliphatic carbocycles. The van der Waals surface area contributed by atoms with Gasteiger partial charge in [0.15, 0.2) is 0 Å². The fraction of sp³-hybridized carbons (Fsp3) is 0.545. The van der Waals surface area contributed by atoms with E-state index in [1.54, 1.807) is 12.4 Å². The van der Waals surface area contributed by atoms with Crippen LogP contribution >= 0.6 is 0 Å². The zero-order chi connectivity index (χ0) is 13.5. The van der Waals surface area contributed by atoms with Crippen LogP contribution in [0.3, 0.4) is 0 Å². The Morgan fingerprint density at radius 3 is 2.83 bits per heavy atom. The number of anilines is 1. The zero-order valence-electron chi connectivity index (χ0n) is 10.8. The first-order valence-corrected chi connectivity index (χ1v) is 5.65. The van der Waals surface area contributed by atoms with Gasteiger partial charge in [0.25, 0.3) is 0 Å². The lowest BCUT2D eigenvalue weighted by molar-refractivity contribution is -0.115. The van der Waals surface area contributed by atoms with Gasteiger partial charge in [0, 0.05) is 18.9 Å². The Morgan fingerprint density at radius 2 is 2.22 bits per heavy atom. The number of hydrogen-bond donors (Lipinski definition) is 2. The van der Waals surface area contributed by atoms with E-state index < -0.39 is 6.09 Å². The molecular weight excluding hydrogens is 236 g/mol. The van der Waals surface area contributed by atoms with Gasteiger partial charge < -0.3 is 14.6 Å². The number of methoxy groups -OCH3 is 1. The molecule has 0 unspecified atom stereocenters. The van der Waals surface area contributed by atoms with Crippen LogP contribution in [0.1, 0.15) is 13.8 Å². The van der Waals surface area contributed by atoms with E-state index in [0.29, 0.717) is 11.9 Å². The maximum Gasteiger partial charge on any atom is 0.407 e. The van der Waals surface area contributed by atoms with Gasteiger partial charge in [0.1, 0.15) is 6.54 Å². The Hall–Kier alpha value is -2.05. The van der Waals surface area contributed by atoms with Crippen molar-refractivity contribution < 1.29 is 14.3 Å². The normalized spacial score (nSPS) is 10.2. The largest absolute Gasteiger partial charge is 0.453 e. The molecular formula is C11H18N4O3. The Bertz CT molecular complexity index is 414. The number of carbonyl (C=O) groups is 2. The van der Waals surface area contributed by atoms with Gasteiger partial charge in [-0.1, -0.05) is 13.8 Å². The van der Waals surface area contributed by atoms with E-state index >= 15 is 0 Å². The SMILES string of the molecule is COC(=O)NCC(=O)Nc1nccn1CC(C)C. The molecule has 0 saturated heterocycles. The monoisotopic (exact) mass is 254 g/mol. The summed E-state index contributed by atoms with van der Waals surface area (Å²) in [6.45, 7) is 4.76. The second-order valence-corrected chi connectivity index (χ2v) is 4.19. The number of alkyl carbamates (subject to hydrolysis) is 1. The molecule has 18 heavy (non-hydrogen) atoms. The summed E-state index contributed by atoms with van der Waals surface area (Å²) in [6.07, 6.45) is 2.77. The van der Waals surface area contributed by atoms with Gasteiger partial charge in [-0.25, -0.2) is 9.78 Å². The molecule has 0 atom stereocenters. The predicted octanol–water partition coefficient (Wildman–Crippen LogP) is 0.834. The minimum atomic E-state index is -0.643. The lowest BCUT2D eigenvalue weighted by Crippen LogP contribution is -2.33. The first-order chi connectivity index (χ1) is 8.52. The van der Waals surface area contributed by atoms with Crippen molar-refractivity contribution in [3.05, 3.63) is 12.4 Å². The maximum absolute atomic E-state index is 11.5. The highest BCUT2D eigenvalue weighted by atomic mass is 16.5. The van der Waals surface area contributed by atoms with Crippen LogP contribution in [-0.4, -0.2) is 35.2 Å². The number of aromatic nitrogens is 2. The van der Waals surface area contributed by atoms with Crippen LogP contribution in [0.25, 0.3) is 0 Å². The standard InChI is InChI=1S/C11H18N4O3/c1-8(2)7-15-5-4-12-10(15)14-9(16)6-13-11(17)18-3/h4-5,8H,6-7H2,1-3H3,(H,13,17)(H,12,14,16). The van der Waals surface area contributed by atoms with E-state index in [4.69, 9.17) is 0 Å². The average Bonchev–Trinajstić information content (AvgIpc) is 2.72. The summed E-state index contributed by atoms with van der Waals surface area (Å²) < 4.78 is 6.21. The molecule has 7 nitrogen and oxygen atoms in total. The van der Waals surface area contributed by atoms with Crippen molar-refractivity contribution in [2.24, 2.45) is 5.92 Å². The van der Waals surface area contributed by atoms with E-state index in [1.165, 1.54) is 7.11 Å². The highest BCUT2D eigenvalue weighted by Crippen LogP contribution is 2.07. The topological polar surface area (TPSA) is 85.2 Å². The molecule has 0 spiro atoms. The number of imidazole rings is 1. The van der Waals surface area contributed by atoms with Crippen LogP contribution < -0.4 is 10.6 Å². The van der Waals surface area contributed by atoms with Crippen LogP contribution in [-0.2, 0) is 16.1 Å². The van der Waals surface area contributed by atoms with E-state index in [-0.39, 0.29) is 12.5 Å². The molecule has 0 bridgehead atoms. The molecule has 0 fully saturated rings. The molecule has 1 rings (SSSR count). The summed E-state index contributed by atoms with van der Waals surface area (Å²) in [7, 11) is 1.24. The molecule has 1 aromatic rings. The summed E-state index contributed by atoms with van der Waals surface area (Å²) in [5, 5.41) is 4.91. The summed E-state index contributed by atoms with van der Waals surface area (Å²) in [5.74, 6) is 0.569. The average molecular weight is 254 g/mol. The van der Waals surface area contributed by atoms with Gasteiger partial charge in [0.05, 0.1) is 7.11 Å². The third-order valence-corrected chi connectivity index (χ3v) is 2.11. The van der Waals surface area contributed by atoms with Crippen molar-refractivity contribution >= 4 is 17.9 Å². The maximum atomic E-state index is 11.5. The van der Waals surface area contributed by atoms with E-state index in [1.807, 2.05) is 4.57 Å². The quantitative estimate of drug-likeness (QED) is 0.815. The van der Waals surface area contributed by atoms with Crippen molar-refractivity contribution in [1.82, 2.24) is 14.9 Å². The summed E-state index contributed by atoms with van der Waals surface area (Å²) in [4.78, 5) is 26.4. The molecule has 0 radical (unpaired) electrons. The van der Waals surface area contributed by atoms with Crippen molar-refractivity contribution in [3.8, 4) is 0 Å². The van der Waals surface area contributed by atoms with Crippen LogP contribution in [0.5, 0.6) is 0 Å². The van der Waals surface area contributed by atoms with Crippen LogP contribution in [0.15, 0.2) is 12.4 Å². The summed E-state index contributed by atoms with van der Waals surface area (Å²) in [6, 6.07) is 0. The Balaban J connectivity index is 2.49. The van der Waals surface area contributed by atoms with Gasteiger partial charge in [-0.3, -0.25) is 10.1 Å². The smallest absolute Gasteiger partial charge is 0.407 e. The summed E-state index contributed by atoms with van der Waals surface area (Å²) >= 11 is 0. The van der Waals surface area contributed by atoms with Gasteiger partial charge in [0.2, 0.25) is 11.9 Å². The van der Waals surface area contributed by atoms with E-state index in [0.717, 1.165) is 6.54 Å². The number of carbonyl (C=O) groups excluding carboxylic acids is 2. The molecule has 0 aromatic carbocycles. The van der Waals surface area contributed by atoms with Crippen LogP contribution in [0.4, 0.5) is 10.7 Å². The lowest BCUT2D eigenvalue weighted by atomic mass is 10.2. The minimum Gasteiger partial charge on any atom is -0.453 e. The lowest BCUT2D eigenvalue weighted by Gasteiger charge is -2.11. The molecule has 1 heterocycles. The Morgan fingerprint density at radius 1 is 1.50 bits per heavy atom. The van der Waals surface area contributed by atoms with E-state index in [2.05, 4.69) is 34.2 Å². The number of amides is 2. The van der Waals surface area contributed by atoms with Crippen molar-refractivity contribution in [1.29, 1.82) is 0 Å². The van der Waals surface area contributed by atoms with Crippen LogP contribution in [0, 0.1) is 5.92 Å². The molecule has 0 aliphatic heterocycles. The summed E-state index contributed by atoms with van der Waals surface area (Å²) in [5.41, 5.74) is 0. The third-order valence-electron chi connectivity index (χ3n) is 2.11. The second kappa shape index (κ2) is 6.63. The fourth-order valence-corrected chi connectivity index (χ4v) is 1.37. The molecule has 2 amide bonds. The molecule has 2 N–H and O–H groups in total. The van der Waals surface area contributed by atoms with Crippen molar-refractivity contribution in [2.45, 2.75) is 20.4 Å². The number of nitrogens with one attached hydrogen (secondary N) is 2. The molecule has 0 aliphatic rings. The Kier molecular flexibility index (Phi) is 5.16. The predicted molar refractivity (Wildman–Crippen MR) is 66.1 cm³/mol. The first kappa shape index (κ1) is 14.0. The van der Waals surface area contributed by atoms with Gasteiger partial charge in [-0.05, 0) is 5.92 Å². The molecule has 1 aromatic heterocycles. The Labute approximate surface area is 106 Å². The number of nitrogens with zero attached hydrogens (tertiary/aromatic N) is 2. The van der Waals surface area contributed by atoms with Crippen molar-refractivity contribution in [2.75, 3.05) is 19.0 Å². The number of rotatable bonds is 5. The van der Waals surface area contributed by atoms with Gasteiger partial charge in [-0.2, -0.15) is 0 Å². The van der Waals surface area contributed by atoms with Gasteiger partial charge >= 0.3 is 6.09 Å². The van der Waals surface area contributed by atoms with Crippen LogP contribution in [0.2, 0.25) is 0 Å². The first-order valence-electron chi connectivity index (χ1n) is 5.65. The van der Waals surface area contributed by atoms with Gasteiger partial charge in [-0.15, -0.1) is 0 Å². The molecule has 0 saturated carbocycles. The third kappa shape index (κ3) is 4.44. The fourth-order valence-electron chi connectivity index (χ4n) is 1.37. The minimum absolute atomic E-state index is 0.152. The van der Waals surface area contributed by atoms with E-state index in [9.17, 15) is 9.59 Å². The second-order valence-electron chi connectivity index (χ2n) is 4.19. The zero-order valence-corrected chi connectivity index (χ0v) is 10.8. The highest BCUT2D eigenvalue weighted by Gasteiger charge is 2.09. The highest BCUT2D eigenvalue weighted by molar-refractivity contribution is 5.92. The molecule has 7 heteroatoms. The molecule has 100 valence electrons. The number of hydrogen-bond acceptors (Lipinski definition) is 4.